The van der Waals surface area contributed by atoms with Gasteiger partial charge in [0.25, 0.3) is 0 Å². The first kappa shape index (κ1) is 22.5. The maximum atomic E-state index is 5.26. The van der Waals surface area contributed by atoms with Crippen LogP contribution in [0.3, 0.4) is 0 Å². The molecule has 35 heavy (non-hydrogen) atoms. The molecule has 2 nitrogen and oxygen atoms in total. The molecular weight excluding hydrogens is 444 g/mol. The van der Waals surface area contributed by atoms with Gasteiger partial charge in [-0.1, -0.05) is 89.7 Å². The molecule has 2 aromatic heterocycles. The summed E-state index contributed by atoms with van der Waals surface area (Å²) in [4.78, 5) is 11.5. The zero-order valence-corrected chi connectivity index (χ0v) is 22.3. The van der Waals surface area contributed by atoms with Crippen molar-refractivity contribution < 1.29 is 0 Å². The van der Waals surface area contributed by atoms with E-state index in [9.17, 15) is 0 Å². The third-order valence-corrected chi connectivity index (χ3v) is 7.90. The molecule has 0 saturated carbocycles. The van der Waals surface area contributed by atoms with E-state index < -0.39 is 0 Å². The van der Waals surface area contributed by atoms with E-state index in [2.05, 4.69) is 96.1 Å². The lowest BCUT2D eigenvalue weighted by Gasteiger charge is -2.27. The van der Waals surface area contributed by atoms with Crippen LogP contribution in [0.15, 0.2) is 70.7 Å². The molecule has 176 valence electrons. The lowest BCUT2D eigenvalue weighted by Crippen LogP contribution is -2.12. The Morgan fingerprint density at radius 3 is 2.31 bits per heavy atom. The van der Waals surface area contributed by atoms with E-state index in [1.165, 1.54) is 48.5 Å². The van der Waals surface area contributed by atoms with Crippen molar-refractivity contribution in [3.8, 4) is 11.3 Å². The fourth-order valence-corrected chi connectivity index (χ4v) is 6.68. The van der Waals surface area contributed by atoms with Crippen LogP contribution < -0.4 is 0 Å². The molecule has 0 spiro atoms. The van der Waals surface area contributed by atoms with E-state index in [-0.39, 0.29) is 10.8 Å². The fourth-order valence-electron chi connectivity index (χ4n) is 5.46. The summed E-state index contributed by atoms with van der Waals surface area (Å²) in [6.45, 7) is 13.8. The van der Waals surface area contributed by atoms with Crippen LogP contribution in [-0.4, -0.2) is 9.97 Å². The van der Waals surface area contributed by atoms with Gasteiger partial charge in [-0.3, -0.25) is 4.98 Å². The molecule has 0 saturated heterocycles. The van der Waals surface area contributed by atoms with Gasteiger partial charge in [0.2, 0.25) is 0 Å². The molecule has 0 radical (unpaired) electrons. The van der Waals surface area contributed by atoms with Crippen LogP contribution in [0.5, 0.6) is 0 Å². The minimum absolute atomic E-state index is 0.177. The number of benzene rings is 3. The first-order chi connectivity index (χ1) is 16.6. The van der Waals surface area contributed by atoms with E-state index in [4.69, 9.17) is 9.97 Å². The van der Waals surface area contributed by atoms with Gasteiger partial charge < -0.3 is 0 Å². The third-order valence-electron chi connectivity index (χ3n) is 6.74. The number of hydrogen-bond donors (Lipinski definition) is 0. The highest BCUT2D eigenvalue weighted by Gasteiger charge is 2.28. The molecule has 5 aromatic rings. The highest BCUT2D eigenvalue weighted by atomic mass is 32.2. The predicted molar refractivity (Wildman–Crippen MR) is 150 cm³/mol. The van der Waals surface area contributed by atoms with Crippen LogP contribution in [0.2, 0.25) is 0 Å². The lowest BCUT2D eigenvalue weighted by molar-refractivity contribution is 0.410. The smallest absolute Gasteiger partial charge is 0.112 e. The molecule has 0 fully saturated rings. The molecule has 0 amide bonds. The Morgan fingerprint density at radius 1 is 0.771 bits per heavy atom. The second kappa shape index (κ2) is 7.80. The largest absolute Gasteiger partial charge is 0.255 e. The highest BCUT2D eigenvalue weighted by Crippen LogP contribution is 2.51. The summed E-state index contributed by atoms with van der Waals surface area (Å²) < 4.78 is 0. The average Bonchev–Trinajstić information content (AvgIpc) is 2.77. The molecule has 3 aromatic carbocycles. The van der Waals surface area contributed by atoms with Crippen molar-refractivity contribution in [1.29, 1.82) is 0 Å². The van der Waals surface area contributed by atoms with E-state index in [1.54, 1.807) is 0 Å². The summed E-state index contributed by atoms with van der Waals surface area (Å²) >= 11 is 1.84. The number of aromatic nitrogens is 2. The van der Waals surface area contributed by atoms with Gasteiger partial charge in [0.05, 0.1) is 11.2 Å². The number of fused-ring (bicyclic) bond motifs is 5. The van der Waals surface area contributed by atoms with E-state index >= 15 is 0 Å². The minimum atomic E-state index is 0.177. The number of hydrogen-bond acceptors (Lipinski definition) is 3. The van der Waals surface area contributed by atoms with Crippen LogP contribution in [-0.2, 0) is 12.8 Å². The van der Waals surface area contributed by atoms with Crippen molar-refractivity contribution in [3.05, 3.63) is 71.9 Å². The van der Waals surface area contributed by atoms with Gasteiger partial charge in [-0.15, -0.1) is 0 Å². The van der Waals surface area contributed by atoms with Gasteiger partial charge in [0.1, 0.15) is 5.03 Å². The maximum absolute atomic E-state index is 5.26. The Hall–Kier alpha value is -2.91. The Morgan fingerprint density at radius 2 is 1.54 bits per heavy atom. The van der Waals surface area contributed by atoms with Crippen LogP contribution in [0.25, 0.3) is 43.7 Å². The van der Waals surface area contributed by atoms with E-state index in [0.717, 1.165) is 29.1 Å². The second-order valence-corrected chi connectivity index (χ2v) is 13.4. The normalized spacial score (nSPS) is 13.5. The molecule has 0 bridgehead atoms. The molecule has 6 rings (SSSR count). The monoisotopic (exact) mass is 476 g/mol. The first-order valence-electron chi connectivity index (χ1n) is 12.5. The summed E-state index contributed by atoms with van der Waals surface area (Å²) in [6.07, 6.45) is 4.03. The minimum Gasteiger partial charge on any atom is -0.255 e. The first-order valence-corrected chi connectivity index (χ1v) is 13.3. The van der Waals surface area contributed by atoms with Crippen molar-refractivity contribution in [1.82, 2.24) is 9.97 Å². The Bertz CT molecular complexity index is 1630. The molecule has 0 atom stereocenters. The predicted octanol–water partition coefficient (Wildman–Crippen LogP) is 9.24. The second-order valence-electron chi connectivity index (χ2n) is 12.4. The zero-order chi connectivity index (χ0) is 24.5. The summed E-state index contributed by atoms with van der Waals surface area (Å²) in [7, 11) is 0. The van der Waals surface area contributed by atoms with E-state index in [1.807, 2.05) is 18.0 Å². The molecule has 1 aliphatic rings. The quantitative estimate of drug-likeness (QED) is 0.233. The summed E-state index contributed by atoms with van der Waals surface area (Å²) in [5, 5.41) is 7.37. The van der Waals surface area contributed by atoms with Crippen LogP contribution >= 0.6 is 11.8 Å². The number of rotatable bonds is 2. The van der Waals surface area contributed by atoms with Crippen molar-refractivity contribution >= 4 is 44.2 Å². The molecule has 0 aliphatic carbocycles. The lowest BCUT2D eigenvalue weighted by atomic mass is 9.84. The Balaban J connectivity index is 1.65. The summed E-state index contributed by atoms with van der Waals surface area (Å²) in [5.74, 6) is 0. The summed E-state index contributed by atoms with van der Waals surface area (Å²) in [5.41, 5.74) is 6.59. The van der Waals surface area contributed by atoms with Gasteiger partial charge >= 0.3 is 0 Å². The number of pyridine rings is 2. The number of nitrogens with zero attached hydrogens (tertiary/aromatic N) is 2. The van der Waals surface area contributed by atoms with Gasteiger partial charge in [-0.25, -0.2) is 4.98 Å². The van der Waals surface area contributed by atoms with Crippen LogP contribution in [0, 0.1) is 10.8 Å². The Labute approximate surface area is 212 Å². The van der Waals surface area contributed by atoms with Gasteiger partial charge in [0.15, 0.2) is 0 Å². The zero-order valence-electron chi connectivity index (χ0n) is 21.5. The molecular formula is C32H32N2S. The topological polar surface area (TPSA) is 25.8 Å². The average molecular weight is 477 g/mol. The SMILES string of the molecule is CC(C)(C)Cc1ccc2c(c1)nc1c3c(nccc32)-c2cc3ccccc3c(CC(C)(C)C)c2S1. The molecule has 0 unspecified atom stereocenters. The van der Waals surface area contributed by atoms with Crippen LogP contribution in [0.1, 0.15) is 52.7 Å². The fraction of sp³-hybridized carbons (Fsp3) is 0.312. The summed E-state index contributed by atoms with van der Waals surface area (Å²) in [6, 6.07) is 20.1. The van der Waals surface area contributed by atoms with Crippen molar-refractivity contribution in [3.63, 3.8) is 0 Å². The Kier molecular flexibility index (Phi) is 5.02. The van der Waals surface area contributed by atoms with Crippen molar-refractivity contribution in [2.24, 2.45) is 10.8 Å². The maximum Gasteiger partial charge on any atom is 0.112 e. The molecule has 1 aliphatic heterocycles. The van der Waals surface area contributed by atoms with Gasteiger partial charge in [-0.2, -0.15) is 0 Å². The van der Waals surface area contributed by atoms with Gasteiger partial charge in [-0.05, 0) is 69.2 Å². The third kappa shape index (κ3) is 4.00. The van der Waals surface area contributed by atoms with E-state index in [0.29, 0.717) is 0 Å². The van der Waals surface area contributed by atoms with Crippen molar-refractivity contribution in [2.75, 3.05) is 0 Å². The van der Waals surface area contributed by atoms with Crippen molar-refractivity contribution in [2.45, 2.75) is 64.3 Å². The van der Waals surface area contributed by atoms with Gasteiger partial charge in [0, 0.05) is 27.4 Å². The standard InChI is InChI=1S/C32H32N2S/c1-31(2,3)17-19-11-12-22-23-13-14-33-28-24-16-20-9-7-8-10-21(20)25(18-32(4,5)6)29(24)35-30(27(23)28)34-26(22)15-19/h7-16H,17-18H2,1-6H3. The molecule has 0 N–H and O–H groups in total. The highest BCUT2D eigenvalue weighted by molar-refractivity contribution is 7.99. The van der Waals surface area contributed by atoms with Crippen LogP contribution in [0.4, 0.5) is 0 Å². The molecule has 3 heterocycles. The molecule has 3 heteroatoms.